The molecule has 11 heteroatoms. The summed E-state index contributed by atoms with van der Waals surface area (Å²) in [6.07, 6.45) is 1.55. The minimum Gasteiger partial charge on any atom is -0.469 e. The van der Waals surface area contributed by atoms with Crippen LogP contribution in [0.1, 0.15) is 62.1 Å². The van der Waals surface area contributed by atoms with Gasteiger partial charge < -0.3 is 14.7 Å². The highest BCUT2D eigenvalue weighted by molar-refractivity contribution is 7.90. The summed E-state index contributed by atoms with van der Waals surface area (Å²) in [5.41, 5.74) is 0.171. The number of sulfonamides is 1. The van der Waals surface area contributed by atoms with E-state index in [1.165, 1.54) is 11.4 Å². The lowest BCUT2D eigenvalue weighted by Crippen LogP contribution is -2.60. The molecule has 218 valence electrons. The number of aliphatic hydroxyl groups excluding tert-OH is 1. The first kappa shape index (κ1) is 30.8. The standard InChI is InChI=1S/C29H36Cl2N2O6S/c1-4-23(17-32(2)40(37,38)24-12-13-24)33-27(19-8-10-21(30)11-9-19)25(20-6-5-7-22(31)14-20)15-29(18-34,28(33)36)16-26(35)39-3/h5-11,14,23-25,27,34H,4,12-13,15-18H2,1-3H3/t23-,25+,27+,29+/m0/s1. The Morgan fingerprint density at radius 1 is 1.15 bits per heavy atom. The van der Waals surface area contributed by atoms with Crippen molar-refractivity contribution in [3.05, 3.63) is 69.7 Å². The Balaban J connectivity index is 1.89. The Hall–Kier alpha value is -2.17. The minimum absolute atomic E-state index is 0.0765. The van der Waals surface area contributed by atoms with Crippen LogP contribution in [0, 0.1) is 5.41 Å². The van der Waals surface area contributed by atoms with Crippen molar-refractivity contribution in [2.24, 2.45) is 5.41 Å². The molecule has 1 aliphatic carbocycles. The molecule has 0 unspecified atom stereocenters. The lowest BCUT2D eigenvalue weighted by Gasteiger charge is -2.52. The fourth-order valence-electron chi connectivity index (χ4n) is 5.82. The van der Waals surface area contributed by atoms with E-state index < -0.39 is 51.3 Å². The number of likely N-dealkylation sites (N-methyl/N-ethyl adjacent to an activating group) is 1. The number of nitrogens with zero attached hydrogens (tertiary/aromatic N) is 2. The molecule has 1 saturated heterocycles. The normalized spacial score (nSPS) is 24.3. The second kappa shape index (κ2) is 12.4. The molecule has 2 aromatic rings. The molecule has 1 amide bonds. The molecule has 2 fully saturated rings. The van der Waals surface area contributed by atoms with Gasteiger partial charge in [-0.3, -0.25) is 9.59 Å². The first-order valence-electron chi connectivity index (χ1n) is 13.4. The Kier molecular flexibility index (Phi) is 9.52. The fourth-order valence-corrected chi connectivity index (χ4v) is 7.76. The van der Waals surface area contributed by atoms with Crippen LogP contribution in [-0.4, -0.2) is 73.2 Å². The largest absolute Gasteiger partial charge is 0.469 e. The number of piperidine rings is 1. The zero-order chi connectivity index (χ0) is 29.2. The summed E-state index contributed by atoms with van der Waals surface area (Å²) in [5.74, 6) is -1.41. The average Bonchev–Trinajstić information content (AvgIpc) is 3.79. The third-order valence-electron chi connectivity index (χ3n) is 8.19. The quantitative estimate of drug-likeness (QED) is 0.367. The molecule has 2 aromatic carbocycles. The zero-order valence-electron chi connectivity index (χ0n) is 22.9. The van der Waals surface area contributed by atoms with Crippen LogP contribution in [0.15, 0.2) is 48.5 Å². The van der Waals surface area contributed by atoms with Crippen molar-refractivity contribution in [2.45, 2.75) is 62.3 Å². The maximum absolute atomic E-state index is 14.5. The summed E-state index contributed by atoms with van der Waals surface area (Å²) in [7, 11) is -0.715. The van der Waals surface area contributed by atoms with Crippen molar-refractivity contribution in [1.29, 1.82) is 0 Å². The Morgan fingerprint density at radius 2 is 1.82 bits per heavy atom. The Labute approximate surface area is 246 Å². The van der Waals surface area contributed by atoms with Gasteiger partial charge in [0.1, 0.15) is 0 Å². The van der Waals surface area contributed by atoms with Crippen molar-refractivity contribution in [2.75, 3.05) is 27.3 Å². The number of aliphatic hydroxyl groups is 1. The van der Waals surface area contributed by atoms with E-state index in [-0.39, 0.29) is 25.3 Å². The molecule has 0 radical (unpaired) electrons. The first-order chi connectivity index (χ1) is 19.0. The van der Waals surface area contributed by atoms with Crippen molar-refractivity contribution >= 4 is 45.1 Å². The van der Waals surface area contributed by atoms with Gasteiger partial charge in [0.15, 0.2) is 0 Å². The molecule has 8 nitrogen and oxygen atoms in total. The van der Waals surface area contributed by atoms with E-state index in [9.17, 15) is 23.1 Å². The van der Waals surface area contributed by atoms with Crippen LogP contribution in [0.5, 0.6) is 0 Å². The maximum Gasteiger partial charge on any atom is 0.306 e. The van der Waals surface area contributed by atoms with E-state index in [0.29, 0.717) is 29.3 Å². The molecular weight excluding hydrogens is 575 g/mol. The summed E-state index contributed by atoms with van der Waals surface area (Å²) in [6, 6.07) is 13.5. The highest BCUT2D eigenvalue weighted by Gasteiger charge is 2.55. The molecule has 0 aromatic heterocycles. The number of likely N-dealkylation sites (tertiary alicyclic amines) is 1. The second-order valence-electron chi connectivity index (χ2n) is 10.9. The monoisotopic (exact) mass is 610 g/mol. The molecule has 0 bridgehead atoms. The maximum atomic E-state index is 14.5. The van der Waals surface area contributed by atoms with Crippen LogP contribution < -0.4 is 0 Å². The van der Waals surface area contributed by atoms with Crippen LogP contribution in [0.3, 0.4) is 0 Å². The van der Waals surface area contributed by atoms with E-state index in [1.54, 1.807) is 30.1 Å². The predicted octanol–water partition coefficient (Wildman–Crippen LogP) is 4.80. The summed E-state index contributed by atoms with van der Waals surface area (Å²) in [4.78, 5) is 28.8. The first-order valence-corrected chi connectivity index (χ1v) is 15.7. The number of halogens is 2. The number of benzene rings is 2. The SMILES string of the molecule is CC[C@@H](CN(C)S(=O)(=O)C1CC1)N1C(=O)[C@@](CO)(CC(=O)OC)C[C@H](c2cccc(Cl)c2)[C@H]1c1ccc(Cl)cc1. The van der Waals surface area contributed by atoms with E-state index in [1.807, 2.05) is 37.3 Å². The highest BCUT2D eigenvalue weighted by Crippen LogP contribution is 2.52. The van der Waals surface area contributed by atoms with E-state index in [2.05, 4.69) is 0 Å². The fraction of sp³-hybridized carbons (Fsp3) is 0.517. The summed E-state index contributed by atoms with van der Waals surface area (Å²) >= 11 is 12.6. The third kappa shape index (κ3) is 6.19. The van der Waals surface area contributed by atoms with Crippen molar-refractivity contribution in [1.82, 2.24) is 9.21 Å². The molecule has 4 rings (SSSR count). The number of esters is 1. The van der Waals surface area contributed by atoms with Gasteiger partial charge in [0, 0.05) is 35.6 Å². The molecule has 1 heterocycles. The van der Waals surface area contributed by atoms with Gasteiger partial charge >= 0.3 is 5.97 Å². The van der Waals surface area contributed by atoms with Gasteiger partial charge in [0.25, 0.3) is 0 Å². The van der Waals surface area contributed by atoms with Crippen molar-refractivity contribution < 1.29 is 27.9 Å². The molecular formula is C29H36Cl2N2O6S. The predicted molar refractivity (Wildman–Crippen MR) is 155 cm³/mol. The molecule has 1 aliphatic heterocycles. The highest BCUT2D eigenvalue weighted by atomic mass is 35.5. The number of carbonyl (C=O) groups is 2. The number of hydrogen-bond donors (Lipinski definition) is 1. The lowest BCUT2D eigenvalue weighted by molar-refractivity contribution is -0.166. The van der Waals surface area contributed by atoms with Crippen LogP contribution in [-0.2, 0) is 24.3 Å². The van der Waals surface area contributed by atoms with Gasteiger partial charge in [-0.25, -0.2) is 12.7 Å². The number of rotatable bonds is 11. The third-order valence-corrected chi connectivity index (χ3v) is 11.0. The summed E-state index contributed by atoms with van der Waals surface area (Å²) in [5, 5.41) is 11.4. The van der Waals surface area contributed by atoms with Gasteiger partial charge in [-0.15, -0.1) is 0 Å². The second-order valence-corrected chi connectivity index (χ2v) is 14.0. The van der Waals surface area contributed by atoms with Crippen LogP contribution in [0.25, 0.3) is 0 Å². The van der Waals surface area contributed by atoms with E-state index in [0.717, 1.165) is 11.1 Å². The summed E-state index contributed by atoms with van der Waals surface area (Å²) < 4.78 is 32.4. The van der Waals surface area contributed by atoms with Crippen LogP contribution >= 0.6 is 23.2 Å². The average molecular weight is 612 g/mol. The molecule has 2 aliphatic rings. The van der Waals surface area contributed by atoms with E-state index in [4.69, 9.17) is 27.9 Å². The topological polar surface area (TPSA) is 104 Å². The minimum atomic E-state index is -3.51. The zero-order valence-corrected chi connectivity index (χ0v) is 25.3. The smallest absolute Gasteiger partial charge is 0.306 e. The van der Waals surface area contributed by atoms with Crippen LogP contribution in [0.4, 0.5) is 0 Å². The van der Waals surface area contributed by atoms with Gasteiger partial charge in [-0.05, 0) is 61.1 Å². The Bertz CT molecular complexity index is 1330. The number of methoxy groups -OCH3 is 1. The van der Waals surface area contributed by atoms with Gasteiger partial charge in [-0.1, -0.05) is 54.4 Å². The summed E-state index contributed by atoms with van der Waals surface area (Å²) in [6.45, 7) is 1.40. The number of carbonyl (C=O) groups excluding carboxylic acids is 2. The molecule has 40 heavy (non-hydrogen) atoms. The van der Waals surface area contributed by atoms with Crippen molar-refractivity contribution in [3.63, 3.8) is 0 Å². The molecule has 4 atom stereocenters. The van der Waals surface area contributed by atoms with Gasteiger partial charge in [-0.2, -0.15) is 0 Å². The number of hydrogen-bond acceptors (Lipinski definition) is 6. The lowest BCUT2D eigenvalue weighted by atomic mass is 9.66. The molecule has 1 N–H and O–H groups in total. The van der Waals surface area contributed by atoms with Gasteiger partial charge in [0.2, 0.25) is 15.9 Å². The van der Waals surface area contributed by atoms with Crippen LogP contribution in [0.2, 0.25) is 10.0 Å². The number of ether oxygens (including phenoxy) is 1. The molecule has 0 spiro atoms. The number of amides is 1. The van der Waals surface area contributed by atoms with Gasteiger partial charge in [0.05, 0.1) is 36.8 Å². The Morgan fingerprint density at radius 3 is 2.38 bits per heavy atom. The molecule has 1 saturated carbocycles. The van der Waals surface area contributed by atoms with Crippen molar-refractivity contribution in [3.8, 4) is 0 Å². The van der Waals surface area contributed by atoms with E-state index >= 15 is 0 Å².